The van der Waals surface area contributed by atoms with Gasteiger partial charge < -0.3 is 11.5 Å². The molecule has 0 saturated heterocycles. The van der Waals surface area contributed by atoms with Crippen LogP contribution in [0.25, 0.3) is 0 Å². The molecule has 0 aliphatic heterocycles. The van der Waals surface area contributed by atoms with Gasteiger partial charge in [0.05, 0.1) is 0 Å². The first-order valence-corrected chi connectivity index (χ1v) is 4.85. The van der Waals surface area contributed by atoms with Crippen LogP contribution in [0.15, 0.2) is 24.3 Å². The molecule has 1 amide bonds. The van der Waals surface area contributed by atoms with Gasteiger partial charge in [0.25, 0.3) is 0 Å². The standard InChI is InChI=1S/C7H8N2O.2C2H6/c8-6-3-1-5(2-4-6)7(9)10;2*1-2/h1-4H,8H2,(H2,9,10);2*1-2H3. The number of nitrogen functional groups attached to an aromatic ring is 1. The molecule has 80 valence electrons. The summed E-state index contributed by atoms with van der Waals surface area (Å²) < 4.78 is 0. The third-order valence-corrected chi connectivity index (χ3v) is 1.20. The van der Waals surface area contributed by atoms with Gasteiger partial charge in [-0.3, -0.25) is 4.79 Å². The number of anilines is 1. The van der Waals surface area contributed by atoms with Gasteiger partial charge in [0.2, 0.25) is 5.91 Å². The lowest BCUT2D eigenvalue weighted by atomic mass is 10.2. The van der Waals surface area contributed by atoms with Crippen molar-refractivity contribution in [3.63, 3.8) is 0 Å². The minimum Gasteiger partial charge on any atom is -0.399 e. The van der Waals surface area contributed by atoms with Gasteiger partial charge in [-0.2, -0.15) is 0 Å². The molecule has 1 rings (SSSR count). The SMILES string of the molecule is CC.CC.NC(=O)c1ccc(N)cc1. The molecule has 3 heteroatoms. The maximum absolute atomic E-state index is 10.5. The first kappa shape index (κ1) is 15.0. The van der Waals surface area contributed by atoms with Crippen LogP contribution in [0.3, 0.4) is 0 Å². The number of carbonyl (C=O) groups excluding carboxylic acids is 1. The molecule has 0 heterocycles. The number of carbonyl (C=O) groups is 1. The summed E-state index contributed by atoms with van der Waals surface area (Å²) in [6.45, 7) is 8.00. The maximum Gasteiger partial charge on any atom is 0.248 e. The van der Waals surface area contributed by atoms with E-state index >= 15 is 0 Å². The Morgan fingerprint density at radius 1 is 1.00 bits per heavy atom. The van der Waals surface area contributed by atoms with Crippen molar-refractivity contribution in [3.05, 3.63) is 29.8 Å². The van der Waals surface area contributed by atoms with Gasteiger partial charge >= 0.3 is 0 Å². The summed E-state index contributed by atoms with van der Waals surface area (Å²) in [5.41, 5.74) is 11.5. The molecular formula is C11H20N2O. The predicted octanol–water partition coefficient (Wildman–Crippen LogP) is 2.42. The number of amides is 1. The molecule has 1 aromatic rings. The Morgan fingerprint density at radius 2 is 1.36 bits per heavy atom. The Kier molecular flexibility index (Phi) is 10.3. The van der Waals surface area contributed by atoms with Crippen LogP contribution in [0.4, 0.5) is 5.69 Å². The normalized spacial score (nSPS) is 7.43. The second-order valence-corrected chi connectivity index (χ2v) is 1.99. The Morgan fingerprint density at radius 3 is 1.64 bits per heavy atom. The molecule has 0 aromatic heterocycles. The van der Waals surface area contributed by atoms with E-state index in [2.05, 4.69) is 0 Å². The number of hydrogen-bond donors (Lipinski definition) is 2. The Bertz CT molecular complexity index is 242. The van der Waals surface area contributed by atoms with Crippen molar-refractivity contribution in [2.45, 2.75) is 27.7 Å². The quantitative estimate of drug-likeness (QED) is 0.677. The minimum absolute atomic E-state index is 0.431. The molecule has 0 aliphatic rings. The highest BCUT2D eigenvalue weighted by Gasteiger charge is 1.96. The van der Waals surface area contributed by atoms with Crippen LogP contribution in [-0.2, 0) is 0 Å². The molecule has 0 spiro atoms. The highest BCUT2D eigenvalue weighted by molar-refractivity contribution is 5.92. The van der Waals surface area contributed by atoms with Crippen molar-refractivity contribution in [1.82, 2.24) is 0 Å². The molecule has 14 heavy (non-hydrogen) atoms. The van der Waals surface area contributed by atoms with Gasteiger partial charge in [-0.15, -0.1) is 0 Å². The van der Waals surface area contributed by atoms with E-state index in [1.165, 1.54) is 0 Å². The minimum atomic E-state index is -0.431. The van der Waals surface area contributed by atoms with Crippen molar-refractivity contribution >= 4 is 11.6 Å². The third kappa shape index (κ3) is 6.06. The van der Waals surface area contributed by atoms with Crippen molar-refractivity contribution < 1.29 is 4.79 Å². The summed E-state index contributed by atoms with van der Waals surface area (Å²) in [5, 5.41) is 0. The van der Waals surface area contributed by atoms with Gasteiger partial charge in [0.1, 0.15) is 0 Å². The summed E-state index contributed by atoms with van der Waals surface area (Å²) in [7, 11) is 0. The number of nitrogens with two attached hydrogens (primary N) is 2. The van der Waals surface area contributed by atoms with Crippen LogP contribution >= 0.6 is 0 Å². The van der Waals surface area contributed by atoms with Gasteiger partial charge in [-0.05, 0) is 24.3 Å². The molecular weight excluding hydrogens is 176 g/mol. The average Bonchev–Trinajstić information content (AvgIpc) is 2.24. The number of primary amides is 1. The molecule has 4 N–H and O–H groups in total. The second-order valence-electron chi connectivity index (χ2n) is 1.99. The largest absolute Gasteiger partial charge is 0.399 e. The van der Waals surface area contributed by atoms with E-state index in [1.807, 2.05) is 27.7 Å². The third-order valence-electron chi connectivity index (χ3n) is 1.20. The topological polar surface area (TPSA) is 69.1 Å². The fourth-order valence-corrected chi connectivity index (χ4v) is 0.647. The van der Waals surface area contributed by atoms with E-state index in [-0.39, 0.29) is 0 Å². The van der Waals surface area contributed by atoms with Crippen LogP contribution < -0.4 is 11.5 Å². The van der Waals surface area contributed by atoms with Crippen LogP contribution in [0.5, 0.6) is 0 Å². The average molecular weight is 196 g/mol. The first-order chi connectivity index (χ1) is 6.70. The lowest BCUT2D eigenvalue weighted by Gasteiger charge is -1.93. The number of hydrogen-bond acceptors (Lipinski definition) is 2. The molecule has 0 bridgehead atoms. The predicted molar refractivity (Wildman–Crippen MR) is 62.1 cm³/mol. The second kappa shape index (κ2) is 9.58. The van der Waals surface area contributed by atoms with Crippen LogP contribution in [0.1, 0.15) is 38.1 Å². The van der Waals surface area contributed by atoms with E-state index in [1.54, 1.807) is 24.3 Å². The van der Waals surface area contributed by atoms with E-state index in [9.17, 15) is 4.79 Å². The fourth-order valence-electron chi connectivity index (χ4n) is 0.647. The summed E-state index contributed by atoms with van der Waals surface area (Å²) in [4.78, 5) is 10.5. The van der Waals surface area contributed by atoms with Gasteiger partial charge in [-0.1, -0.05) is 27.7 Å². The van der Waals surface area contributed by atoms with Gasteiger partial charge in [0.15, 0.2) is 0 Å². The van der Waals surface area contributed by atoms with Crippen LogP contribution in [0, 0.1) is 0 Å². The Balaban J connectivity index is 0. The summed E-state index contributed by atoms with van der Waals surface area (Å²) >= 11 is 0. The van der Waals surface area contributed by atoms with Gasteiger partial charge in [0, 0.05) is 11.3 Å². The smallest absolute Gasteiger partial charge is 0.248 e. The molecule has 0 radical (unpaired) electrons. The van der Waals surface area contributed by atoms with E-state index in [4.69, 9.17) is 11.5 Å². The molecule has 0 saturated carbocycles. The Hall–Kier alpha value is -1.51. The zero-order chi connectivity index (χ0) is 11.6. The molecule has 0 atom stereocenters. The zero-order valence-electron chi connectivity index (χ0n) is 9.37. The summed E-state index contributed by atoms with van der Waals surface area (Å²) in [5.74, 6) is -0.431. The number of rotatable bonds is 1. The molecule has 0 fully saturated rings. The van der Waals surface area contributed by atoms with Crippen molar-refractivity contribution in [2.75, 3.05) is 5.73 Å². The van der Waals surface area contributed by atoms with E-state index in [0.29, 0.717) is 11.3 Å². The molecule has 1 aromatic carbocycles. The molecule has 3 nitrogen and oxygen atoms in total. The van der Waals surface area contributed by atoms with Crippen LogP contribution in [-0.4, -0.2) is 5.91 Å². The Labute approximate surface area is 86.1 Å². The van der Waals surface area contributed by atoms with E-state index in [0.717, 1.165) is 0 Å². The van der Waals surface area contributed by atoms with E-state index < -0.39 is 5.91 Å². The summed E-state index contributed by atoms with van der Waals surface area (Å²) in [6.07, 6.45) is 0. The summed E-state index contributed by atoms with van der Waals surface area (Å²) in [6, 6.07) is 6.47. The van der Waals surface area contributed by atoms with Crippen molar-refractivity contribution in [2.24, 2.45) is 5.73 Å². The highest BCUT2D eigenvalue weighted by Crippen LogP contribution is 2.03. The highest BCUT2D eigenvalue weighted by atomic mass is 16.1. The zero-order valence-corrected chi connectivity index (χ0v) is 9.37. The lowest BCUT2D eigenvalue weighted by Crippen LogP contribution is -2.10. The monoisotopic (exact) mass is 196 g/mol. The van der Waals surface area contributed by atoms with Crippen molar-refractivity contribution in [1.29, 1.82) is 0 Å². The molecule has 0 unspecified atom stereocenters. The first-order valence-electron chi connectivity index (χ1n) is 4.85. The van der Waals surface area contributed by atoms with Gasteiger partial charge in [-0.25, -0.2) is 0 Å². The maximum atomic E-state index is 10.5. The lowest BCUT2D eigenvalue weighted by molar-refractivity contribution is 0.100. The van der Waals surface area contributed by atoms with Crippen LogP contribution in [0.2, 0.25) is 0 Å². The number of benzene rings is 1. The molecule has 0 aliphatic carbocycles. The van der Waals surface area contributed by atoms with Crippen molar-refractivity contribution in [3.8, 4) is 0 Å². The fraction of sp³-hybridized carbons (Fsp3) is 0.364.